The van der Waals surface area contributed by atoms with Crippen LogP contribution < -0.4 is 5.17 Å². The van der Waals surface area contributed by atoms with E-state index in [2.05, 4.69) is 0 Å². The van der Waals surface area contributed by atoms with Gasteiger partial charge in [-0.05, 0) is 6.92 Å². The van der Waals surface area contributed by atoms with Gasteiger partial charge in [0.05, 0.1) is 19.6 Å². The summed E-state index contributed by atoms with van der Waals surface area (Å²) in [4.78, 5) is 0. The molecule has 1 aliphatic heterocycles. The third-order valence-corrected chi connectivity index (χ3v) is 1.26. The Morgan fingerprint density at radius 3 is 2.29 bits per heavy atom. The minimum Gasteiger partial charge on any atom is -0.613 e. The van der Waals surface area contributed by atoms with Crippen LogP contribution in [0.3, 0.4) is 0 Å². The summed E-state index contributed by atoms with van der Waals surface area (Å²) in [7, 11) is 1.60. The van der Waals surface area contributed by atoms with E-state index in [9.17, 15) is 5.21 Å². The second-order valence-corrected chi connectivity index (χ2v) is 2.02. The molecule has 0 aromatic carbocycles. The van der Waals surface area contributed by atoms with Crippen molar-refractivity contribution in [3.8, 4) is 0 Å². The number of hydrogen-bond acceptors (Lipinski definition) is 2. The average Bonchev–Trinajstić information content (AvgIpc) is 2.17. The normalized spacial score (nSPS) is 43.3. The van der Waals surface area contributed by atoms with Crippen LogP contribution in [0.15, 0.2) is 0 Å². The van der Waals surface area contributed by atoms with Gasteiger partial charge in [-0.1, -0.05) is 0 Å². The third-order valence-electron chi connectivity index (χ3n) is 1.26. The summed E-state index contributed by atoms with van der Waals surface area (Å²) in [5.74, 6) is 0. The van der Waals surface area contributed by atoms with Gasteiger partial charge in [0, 0.05) is 0 Å². The lowest BCUT2D eigenvalue weighted by Crippen LogP contribution is -3.07. The minimum absolute atomic E-state index is 0.201. The molecule has 0 aromatic rings. The first-order chi connectivity index (χ1) is 3.22. The lowest BCUT2D eigenvalue weighted by Gasteiger charge is -2.15. The van der Waals surface area contributed by atoms with Crippen LogP contribution in [0.25, 0.3) is 0 Å². The first-order valence-corrected chi connectivity index (χ1v) is 2.49. The van der Waals surface area contributed by atoms with E-state index in [1.54, 1.807) is 7.05 Å². The minimum atomic E-state index is 0.201. The lowest BCUT2D eigenvalue weighted by molar-refractivity contribution is -0.933. The van der Waals surface area contributed by atoms with Crippen molar-refractivity contribution in [2.75, 3.05) is 13.6 Å². The second kappa shape index (κ2) is 1.43. The highest BCUT2D eigenvalue weighted by Crippen LogP contribution is 2.06. The van der Waals surface area contributed by atoms with Gasteiger partial charge in [0.1, 0.15) is 0 Å². The molecule has 1 heterocycles. The quantitative estimate of drug-likeness (QED) is 0.326. The molecule has 3 heteroatoms. The van der Waals surface area contributed by atoms with E-state index >= 15 is 0 Å². The Morgan fingerprint density at radius 1 is 1.86 bits per heavy atom. The standard InChI is InChI=1S/C4H10N2O/c1-4-3-6(4)5(2)7/h4-5H,3H2,1-2H3. The van der Waals surface area contributed by atoms with Crippen molar-refractivity contribution in [2.24, 2.45) is 0 Å². The fraction of sp³-hybridized carbons (Fsp3) is 1.00. The molecule has 3 nitrogen and oxygen atoms in total. The number of quaternary nitrogens is 1. The van der Waals surface area contributed by atoms with Crippen molar-refractivity contribution in [3.05, 3.63) is 5.21 Å². The van der Waals surface area contributed by atoms with Crippen molar-refractivity contribution < 1.29 is 5.17 Å². The largest absolute Gasteiger partial charge is 0.613 e. The number of nitrogens with zero attached hydrogens (tertiary/aromatic N) is 1. The van der Waals surface area contributed by atoms with Crippen LogP contribution in [0.2, 0.25) is 0 Å². The van der Waals surface area contributed by atoms with E-state index in [0.717, 1.165) is 6.54 Å². The summed E-state index contributed by atoms with van der Waals surface area (Å²) >= 11 is 0. The number of hydrogen-bond donors (Lipinski definition) is 1. The van der Waals surface area contributed by atoms with Crippen molar-refractivity contribution in [1.29, 1.82) is 0 Å². The molecule has 0 saturated carbocycles. The fourth-order valence-electron chi connectivity index (χ4n) is 0.676. The number of hydroxylamine groups is 1. The Kier molecular flexibility index (Phi) is 1.03. The highest BCUT2D eigenvalue weighted by Gasteiger charge is 2.33. The second-order valence-electron chi connectivity index (χ2n) is 2.02. The highest BCUT2D eigenvalue weighted by atomic mass is 16.6. The summed E-state index contributed by atoms with van der Waals surface area (Å²) in [6.07, 6.45) is 0. The van der Waals surface area contributed by atoms with Crippen molar-refractivity contribution in [3.63, 3.8) is 0 Å². The van der Waals surface area contributed by atoms with Gasteiger partial charge in [-0.15, -0.1) is 0 Å². The molecule has 0 spiro atoms. The Morgan fingerprint density at radius 2 is 2.29 bits per heavy atom. The van der Waals surface area contributed by atoms with Gasteiger partial charge < -0.3 is 5.21 Å². The van der Waals surface area contributed by atoms with Crippen molar-refractivity contribution in [1.82, 2.24) is 5.01 Å². The molecule has 3 unspecified atom stereocenters. The van der Waals surface area contributed by atoms with Crippen molar-refractivity contribution >= 4 is 0 Å². The van der Waals surface area contributed by atoms with Gasteiger partial charge in [-0.2, -0.15) is 5.01 Å². The monoisotopic (exact) mass is 102 g/mol. The summed E-state index contributed by atoms with van der Waals surface area (Å²) < 4.78 is 0. The molecule has 3 atom stereocenters. The Hall–Kier alpha value is -0.120. The van der Waals surface area contributed by atoms with Crippen LogP contribution in [-0.4, -0.2) is 24.6 Å². The highest BCUT2D eigenvalue weighted by molar-refractivity contribution is 4.75. The molecule has 1 saturated heterocycles. The van der Waals surface area contributed by atoms with E-state index in [4.69, 9.17) is 0 Å². The molecule has 1 aliphatic rings. The van der Waals surface area contributed by atoms with Gasteiger partial charge in [0.15, 0.2) is 0 Å². The molecule has 7 heavy (non-hydrogen) atoms. The first-order valence-electron chi connectivity index (χ1n) is 2.49. The topological polar surface area (TPSA) is 30.5 Å². The van der Waals surface area contributed by atoms with E-state index in [-0.39, 0.29) is 5.17 Å². The zero-order chi connectivity index (χ0) is 5.44. The van der Waals surface area contributed by atoms with E-state index in [0.29, 0.717) is 6.04 Å². The zero-order valence-corrected chi connectivity index (χ0v) is 4.64. The maximum Gasteiger partial charge on any atom is 0.0841 e. The molecule has 1 fully saturated rings. The molecule has 42 valence electrons. The first kappa shape index (κ1) is 5.03. The van der Waals surface area contributed by atoms with Crippen LogP contribution in [-0.2, 0) is 0 Å². The Labute approximate surface area is 43.1 Å². The average molecular weight is 102 g/mol. The van der Waals surface area contributed by atoms with Crippen LogP contribution in [0.4, 0.5) is 0 Å². The molecule has 0 aromatic heterocycles. The van der Waals surface area contributed by atoms with Gasteiger partial charge in [0.2, 0.25) is 0 Å². The Bertz CT molecular complexity index is 74.1. The molecular weight excluding hydrogens is 92.1 g/mol. The predicted molar refractivity (Wildman–Crippen MR) is 26.4 cm³/mol. The lowest BCUT2D eigenvalue weighted by atomic mass is 10.6. The molecule has 0 radical (unpaired) electrons. The summed E-state index contributed by atoms with van der Waals surface area (Å²) in [6, 6.07) is 0.525. The number of nitrogens with one attached hydrogen (secondary N) is 1. The van der Waals surface area contributed by atoms with E-state index in [1.165, 1.54) is 0 Å². The van der Waals surface area contributed by atoms with Gasteiger partial charge >= 0.3 is 0 Å². The van der Waals surface area contributed by atoms with Crippen molar-refractivity contribution in [2.45, 2.75) is 13.0 Å². The summed E-state index contributed by atoms with van der Waals surface area (Å²) in [5.41, 5.74) is 0. The molecular formula is C4H10N2O. The fourth-order valence-corrected chi connectivity index (χ4v) is 0.676. The van der Waals surface area contributed by atoms with E-state index < -0.39 is 0 Å². The molecule has 1 rings (SSSR count). The van der Waals surface area contributed by atoms with E-state index in [1.807, 2.05) is 11.9 Å². The summed E-state index contributed by atoms with van der Waals surface area (Å²) in [6.45, 7) is 3.01. The molecule has 0 amide bonds. The predicted octanol–water partition coefficient (Wildman–Crippen LogP) is -1.38. The van der Waals surface area contributed by atoms with Gasteiger partial charge in [-0.3, -0.25) is 5.17 Å². The third kappa shape index (κ3) is 0.907. The van der Waals surface area contributed by atoms with Gasteiger partial charge in [0.25, 0.3) is 0 Å². The SMILES string of the molecule is CC1CN1[NH+](C)[O-]. The van der Waals surface area contributed by atoms with Crippen LogP contribution in [0.1, 0.15) is 6.92 Å². The number of rotatable bonds is 1. The van der Waals surface area contributed by atoms with Gasteiger partial charge in [-0.25, -0.2) is 0 Å². The van der Waals surface area contributed by atoms with Crippen LogP contribution >= 0.6 is 0 Å². The van der Waals surface area contributed by atoms with Crippen LogP contribution in [0, 0.1) is 5.21 Å². The maximum absolute atomic E-state index is 10.3. The summed E-state index contributed by atoms with van der Waals surface area (Å²) in [5, 5.41) is 12.4. The smallest absolute Gasteiger partial charge is 0.0841 e. The Balaban J connectivity index is 2.20. The molecule has 0 aliphatic carbocycles. The molecule has 1 N–H and O–H groups in total. The molecule has 0 bridgehead atoms. The zero-order valence-electron chi connectivity index (χ0n) is 4.64. The maximum atomic E-state index is 10.3. The van der Waals surface area contributed by atoms with Crippen LogP contribution in [0.5, 0.6) is 0 Å².